The molecule has 0 saturated carbocycles. The first-order valence-corrected chi connectivity index (χ1v) is 12.8. The lowest BCUT2D eigenvalue weighted by Crippen LogP contribution is -2.62. The number of benzene rings is 2. The number of likely N-dealkylation sites (N-methyl/N-ethyl adjacent to an activating group) is 1. The molecule has 2 heterocycles. The number of amides is 2. The molecule has 0 spiro atoms. The van der Waals surface area contributed by atoms with Crippen LogP contribution in [0.15, 0.2) is 67.0 Å². The molecule has 2 aromatic carbocycles. The molecule has 0 bridgehead atoms. The Balaban J connectivity index is 1.64. The van der Waals surface area contributed by atoms with E-state index in [0.29, 0.717) is 31.6 Å². The van der Waals surface area contributed by atoms with E-state index in [1.807, 2.05) is 85.4 Å². The van der Waals surface area contributed by atoms with Gasteiger partial charge in [0.1, 0.15) is 11.6 Å². The van der Waals surface area contributed by atoms with Gasteiger partial charge in [0.05, 0.1) is 7.11 Å². The Morgan fingerprint density at radius 1 is 1.03 bits per heavy atom. The van der Waals surface area contributed by atoms with Crippen LogP contribution >= 0.6 is 0 Å². The van der Waals surface area contributed by atoms with E-state index in [9.17, 15) is 14.4 Å². The highest BCUT2D eigenvalue weighted by Crippen LogP contribution is 2.24. The van der Waals surface area contributed by atoms with E-state index in [0.717, 1.165) is 22.4 Å². The van der Waals surface area contributed by atoms with Crippen LogP contribution in [-0.4, -0.2) is 66.2 Å². The van der Waals surface area contributed by atoms with Crippen molar-refractivity contribution in [3.63, 3.8) is 0 Å². The van der Waals surface area contributed by atoms with Gasteiger partial charge in [-0.1, -0.05) is 29.3 Å². The average molecular weight is 518 g/mol. The first-order chi connectivity index (χ1) is 18.2. The monoisotopic (exact) mass is 517 g/mol. The number of carbonyl (C=O) groups is 3. The molecule has 0 radical (unpaired) electrons. The van der Waals surface area contributed by atoms with Gasteiger partial charge < -0.3 is 24.3 Å². The van der Waals surface area contributed by atoms with Crippen LogP contribution in [-0.2, 0) is 25.5 Å². The third-order valence-electron chi connectivity index (χ3n) is 7.11. The van der Waals surface area contributed by atoms with Gasteiger partial charge in [0.25, 0.3) is 5.91 Å². The van der Waals surface area contributed by atoms with Crippen molar-refractivity contribution in [3.05, 3.63) is 89.2 Å². The van der Waals surface area contributed by atoms with Crippen LogP contribution in [0.25, 0.3) is 5.69 Å². The lowest BCUT2D eigenvalue weighted by molar-refractivity contribution is -0.156. The Kier molecular flexibility index (Phi) is 8.32. The number of aryl methyl sites for hydroxylation is 2. The van der Waals surface area contributed by atoms with Crippen LogP contribution < -0.4 is 5.32 Å². The number of nitrogens with one attached hydrogen (secondary N) is 1. The predicted molar refractivity (Wildman–Crippen MR) is 144 cm³/mol. The normalized spacial score (nSPS) is 15.4. The van der Waals surface area contributed by atoms with E-state index in [1.54, 1.807) is 7.05 Å². The SMILES string of the molecule is COC(=O)C1(NC(=O)[C@H](Cc2ccc(-n3cccc3)cc2)N(C)C(=O)c2cc(C)cc(C)c2)CCOCC1. The van der Waals surface area contributed by atoms with Crippen molar-refractivity contribution in [3.8, 4) is 5.69 Å². The molecule has 1 aliphatic heterocycles. The third kappa shape index (κ3) is 5.97. The summed E-state index contributed by atoms with van der Waals surface area (Å²) in [5.74, 6) is -1.18. The average Bonchev–Trinajstić information content (AvgIpc) is 3.46. The summed E-state index contributed by atoms with van der Waals surface area (Å²) in [6, 6.07) is 16.6. The van der Waals surface area contributed by atoms with E-state index < -0.39 is 23.5 Å². The van der Waals surface area contributed by atoms with Crippen molar-refractivity contribution in [1.29, 1.82) is 0 Å². The van der Waals surface area contributed by atoms with Gasteiger partial charge in [0.2, 0.25) is 5.91 Å². The summed E-state index contributed by atoms with van der Waals surface area (Å²) in [5.41, 5.74) is 3.14. The molecule has 0 unspecified atom stereocenters. The molecule has 8 nitrogen and oxygen atoms in total. The minimum Gasteiger partial charge on any atom is -0.467 e. The molecule has 0 aliphatic carbocycles. The van der Waals surface area contributed by atoms with Crippen LogP contribution in [0.4, 0.5) is 0 Å². The van der Waals surface area contributed by atoms with E-state index in [1.165, 1.54) is 12.0 Å². The van der Waals surface area contributed by atoms with Crippen LogP contribution in [0.3, 0.4) is 0 Å². The van der Waals surface area contributed by atoms with Gasteiger partial charge in [-0.25, -0.2) is 4.79 Å². The molecular weight excluding hydrogens is 482 g/mol. The molecule has 8 heteroatoms. The number of esters is 1. The fourth-order valence-electron chi connectivity index (χ4n) is 5.00. The predicted octanol–water partition coefficient (Wildman–Crippen LogP) is 3.62. The van der Waals surface area contributed by atoms with Crippen molar-refractivity contribution in [1.82, 2.24) is 14.8 Å². The van der Waals surface area contributed by atoms with E-state index in [-0.39, 0.29) is 12.3 Å². The Bertz CT molecular complexity index is 1260. The number of aromatic nitrogens is 1. The lowest BCUT2D eigenvalue weighted by atomic mass is 9.89. The largest absolute Gasteiger partial charge is 0.467 e. The highest BCUT2D eigenvalue weighted by atomic mass is 16.5. The van der Waals surface area contributed by atoms with Crippen LogP contribution in [0.5, 0.6) is 0 Å². The second-order valence-electron chi connectivity index (χ2n) is 9.94. The second-order valence-corrected chi connectivity index (χ2v) is 9.94. The van der Waals surface area contributed by atoms with Crippen molar-refractivity contribution in [2.24, 2.45) is 0 Å². The minimum absolute atomic E-state index is 0.264. The fraction of sp³-hybridized carbons (Fsp3) is 0.367. The molecular formula is C30H35N3O5. The maximum atomic E-state index is 13.8. The van der Waals surface area contributed by atoms with Crippen molar-refractivity contribution in [2.45, 2.75) is 44.7 Å². The molecule has 1 N–H and O–H groups in total. The van der Waals surface area contributed by atoms with Gasteiger partial charge in [-0.3, -0.25) is 9.59 Å². The Hall–Kier alpha value is -3.91. The topological polar surface area (TPSA) is 89.9 Å². The van der Waals surface area contributed by atoms with Crippen molar-refractivity contribution in [2.75, 3.05) is 27.4 Å². The molecule has 2 amide bonds. The van der Waals surface area contributed by atoms with Crippen LogP contribution in [0.2, 0.25) is 0 Å². The molecule has 1 aliphatic rings. The van der Waals surface area contributed by atoms with Gasteiger partial charge in [0, 0.05) is 63.2 Å². The molecule has 4 rings (SSSR count). The quantitative estimate of drug-likeness (QED) is 0.461. The third-order valence-corrected chi connectivity index (χ3v) is 7.11. The lowest BCUT2D eigenvalue weighted by Gasteiger charge is -2.37. The molecule has 1 atom stereocenters. The maximum Gasteiger partial charge on any atom is 0.331 e. The van der Waals surface area contributed by atoms with E-state index in [4.69, 9.17) is 9.47 Å². The number of ether oxygens (including phenoxy) is 2. The molecule has 1 saturated heterocycles. The van der Waals surface area contributed by atoms with Gasteiger partial charge in [0.15, 0.2) is 0 Å². The van der Waals surface area contributed by atoms with E-state index in [2.05, 4.69) is 5.32 Å². The summed E-state index contributed by atoms with van der Waals surface area (Å²) < 4.78 is 12.5. The Labute approximate surface area is 223 Å². The van der Waals surface area contributed by atoms with Gasteiger partial charge in [-0.15, -0.1) is 0 Å². The first-order valence-electron chi connectivity index (χ1n) is 12.8. The highest BCUT2D eigenvalue weighted by molar-refractivity contribution is 5.99. The molecule has 1 fully saturated rings. The zero-order valence-electron chi connectivity index (χ0n) is 22.4. The van der Waals surface area contributed by atoms with Gasteiger partial charge in [-0.2, -0.15) is 0 Å². The highest BCUT2D eigenvalue weighted by Gasteiger charge is 2.44. The first kappa shape index (κ1) is 27.1. The van der Waals surface area contributed by atoms with Gasteiger partial charge in [-0.05, 0) is 55.8 Å². The molecule has 3 aromatic rings. The van der Waals surface area contributed by atoms with Crippen molar-refractivity contribution >= 4 is 17.8 Å². The van der Waals surface area contributed by atoms with Crippen molar-refractivity contribution < 1.29 is 23.9 Å². The number of rotatable bonds is 8. The molecule has 1 aromatic heterocycles. The summed E-state index contributed by atoms with van der Waals surface area (Å²) in [6.07, 6.45) is 4.80. The number of carbonyl (C=O) groups excluding carboxylic acids is 3. The summed E-state index contributed by atoms with van der Waals surface area (Å²) in [7, 11) is 2.94. The maximum absolute atomic E-state index is 13.8. The number of nitrogens with zero attached hydrogens (tertiary/aromatic N) is 2. The number of hydrogen-bond acceptors (Lipinski definition) is 5. The summed E-state index contributed by atoms with van der Waals surface area (Å²) >= 11 is 0. The number of methoxy groups -OCH3 is 1. The summed E-state index contributed by atoms with van der Waals surface area (Å²) in [6.45, 7) is 4.54. The zero-order chi connectivity index (χ0) is 27.3. The van der Waals surface area contributed by atoms with Crippen LogP contribution in [0, 0.1) is 13.8 Å². The molecule has 38 heavy (non-hydrogen) atoms. The minimum atomic E-state index is -1.19. The Morgan fingerprint density at radius 3 is 2.21 bits per heavy atom. The standard InChI is InChI=1S/C30H35N3O5/c1-21-17-22(2)19-24(18-21)28(35)32(3)26(20-23-7-9-25(10-8-23)33-13-5-6-14-33)27(34)31-30(29(36)37-4)11-15-38-16-12-30/h5-10,13-14,17-19,26H,11-12,15-16,20H2,1-4H3,(H,31,34)/t26-/m0/s1. The summed E-state index contributed by atoms with van der Waals surface area (Å²) in [4.78, 5) is 41.7. The fourth-order valence-corrected chi connectivity index (χ4v) is 5.00. The van der Waals surface area contributed by atoms with Crippen LogP contribution in [0.1, 0.15) is 39.9 Å². The molecule has 200 valence electrons. The zero-order valence-corrected chi connectivity index (χ0v) is 22.4. The van der Waals surface area contributed by atoms with E-state index >= 15 is 0 Å². The second kappa shape index (κ2) is 11.6. The van der Waals surface area contributed by atoms with Gasteiger partial charge >= 0.3 is 5.97 Å². The summed E-state index contributed by atoms with van der Waals surface area (Å²) in [5, 5.41) is 2.96. The smallest absolute Gasteiger partial charge is 0.331 e. The number of hydrogen-bond donors (Lipinski definition) is 1. The Morgan fingerprint density at radius 2 is 1.63 bits per heavy atom.